The predicted molar refractivity (Wildman–Crippen MR) is 166 cm³/mol. The summed E-state index contributed by atoms with van der Waals surface area (Å²) in [7, 11) is 0. The molecule has 0 aliphatic carbocycles. The Labute approximate surface area is 265 Å². The number of ether oxygens (including phenoxy) is 9. The van der Waals surface area contributed by atoms with Crippen LogP contribution in [0.15, 0.2) is 85.2 Å². The summed E-state index contributed by atoms with van der Waals surface area (Å²) in [6, 6.07) is 18.4. The second kappa shape index (κ2) is 22.9. The summed E-state index contributed by atoms with van der Waals surface area (Å²) in [6.07, 6.45) is 1.85. The molecule has 1 unspecified atom stereocenters. The van der Waals surface area contributed by atoms with Gasteiger partial charge in [0.1, 0.15) is 18.6 Å². The number of hydrogen-bond acceptors (Lipinski definition) is 11. The molecule has 0 spiro atoms. The van der Waals surface area contributed by atoms with Crippen molar-refractivity contribution < 1.29 is 52.2 Å². The number of esters is 2. The van der Waals surface area contributed by atoms with Crippen molar-refractivity contribution in [2.75, 3.05) is 66.1 Å². The molecule has 0 aromatic heterocycles. The van der Waals surface area contributed by atoms with Gasteiger partial charge in [-0.3, -0.25) is 0 Å². The van der Waals surface area contributed by atoms with Crippen molar-refractivity contribution in [3.8, 4) is 5.75 Å². The summed E-state index contributed by atoms with van der Waals surface area (Å²) in [6.45, 7) is 11.4. The van der Waals surface area contributed by atoms with Gasteiger partial charge in [-0.25, -0.2) is 9.59 Å². The molecule has 1 atom stereocenters. The van der Waals surface area contributed by atoms with Gasteiger partial charge in [0, 0.05) is 25.9 Å². The lowest BCUT2D eigenvalue weighted by Crippen LogP contribution is -2.41. The molecule has 11 nitrogen and oxygen atoms in total. The van der Waals surface area contributed by atoms with Crippen molar-refractivity contribution >= 4 is 11.9 Å². The van der Waals surface area contributed by atoms with Crippen molar-refractivity contribution in [3.05, 3.63) is 90.7 Å². The third-order valence-electron chi connectivity index (χ3n) is 5.91. The minimum atomic E-state index is -1.46. The van der Waals surface area contributed by atoms with Gasteiger partial charge in [0.25, 0.3) is 5.97 Å². The molecule has 0 radical (unpaired) electrons. The Morgan fingerprint density at radius 3 is 1.84 bits per heavy atom. The van der Waals surface area contributed by atoms with Gasteiger partial charge in [0.2, 0.25) is 0 Å². The largest absolute Gasteiger partial charge is 0.464 e. The molecule has 0 bridgehead atoms. The third kappa shape index (κ3) is 15.3. The van der Waals surface area contributed by atoms with Gasteiger partial charge in [0.05, 0.1) is 51.6 Å². The lowest BCUT2D eigenvalue weighted by atomic mass is 10.1. The van der Waals surface area contributed by atoms with Crippen molar-refractivity contribution in [2.45, 2.75) is 39.3 Å². The Kier molecular flexibility index (Phi) is 19.1. The van der Waals surface area contributed by atoms with Crippen LogP contribution in [0.2, 0.25) is 0 Å². The SMILES string of the molecule is C=CC(=O)OC(COCCOCCOCCOC(=O)C(=COc1ccccc1)CC(OCC)(OCC)OCC)c1ccccc1. The fourth-order valence-corrected chi connectivity index (χ4v) is 3.94. The highest BCUT2D eigenvalue weighted by Gasteiger charge is 2.36. The molecule has 0 N–H and O–H groups in total. The first-order chi connectivity index (χ1) is 22.0. The lowest BCUT2D eigenvalue weighted by Gasteiger charge is -2.32. The van der Waals surface area contributed by atoms with E-state index < -0.39 is 24.0 Å². The molecule has 0 fully saturated rings. The molecule has 45 heavy (non-hydrogen) atoms. The first kappa shape index (κ1) is 37.6. The van der Waals surface area contributed by atoms with Crippen LogP contribution in [0.1, 0.15) is 38.9 Å². The predicted octanol–water partition coefficient (Wildman–Crippen LogP) is 5.17. The van der Waals surface area contributed by atoms with Crippen LogP contribution in [0, 0.1) is 0 Å². The van der Waals surface area contributed by atoms with Crippen LogP contribution in [-0.2, 0) is 47.5 Å². The van der Waals surface area contributed by atoms with Crippen LogP contribution in [0.4, 0.5) is 0 Å². The lowest BCUT2D eigenvalue weighted by molar-refractivity contribution is -0.375. The fourth-order valence-electron chi connectivity index (χ4n) is 3.94. The van der Waals surface area contributed by atoms with E-state index in [4.69, 9.17) is 42.6 Å². The van der Waals surface area contributed by atoms with Crippen LogP contribution in [0.3, 0.4) is 0 Å². The Morgan fingerprint density at radius 1 is 0.756 bits per heavy atom. The Hall–Kier alpha value is -3.58. The second-order valence-corrected chi connectivity index (χ2v) is 9.21. The molecule has 11 heteroatoms. The van der Waals surface area contributed by atoms with Gasteiger partial charge < -0.3 is 42.6 Å². The van der Waals surface area contributed by atoms with Crippen molar-refractivity contribution in [3.63, 3.8) is 0 Å². The summed E-state index contributed by atoms with van der Waals surface area (Å²) in [5.41, 5.74) is 0.998. The molecule has 0 saturated carbocycles. The Morgan fingerprint density at radius 2 is 1.29 bits per heavy atom. The molecule has 2 aromatic carbocycles. The van der Waals surface area contributed by atoms with Crippen LogP contribution in [0.25, 0.3) is 0 Å². The van der Waals surface area contributed by atoms with Crippen molar-refractivity contribution in [1.29, 1.82) is 0 Å². The molecule has 248 valence electrons. The zero-order chi connectivity index (χ0) is 32.6. The summed E-state index contributed by atoms with van der Waals surface area (Å²) < 4.78 is 50.6. The molecule has 2 aromatic rings. The number of carbonyl (C=O) groups excluding carboxylic acids is 2. The highest BCUT2D eigenvalue weighted by molar-refractivity contribution is 5.88. The minimum absolute atomic E-state index is 0.0137. The maximum atomic E-state index is 13.0. The number of benzene rings is 2. The van der Waals surface area contributed by atoms with E-state index in [1.807, 2.05) is 69.3 Å². The van der Waals surface area contributed by atoms with Crippen molar-refractivity contribution in [2.24, 2.45) is 0 Å². The average Bonchev–Trinajstić information content (AvgIpc) is 3.06. The zero-order valence-electron chi connectivity index (χ0n) is 26.5. The second-order valence-electron chi connectivity index (χ2n) is 9.21. The van der Waals surface area contributed by atoms with Crippen LogP contribution in [0.5, 0.6) is 5.75 Å². The molecule has 0 heterocycles. The highest BCUT2D eigenvalue weighted by atomic mass is 16.9. The quantitative estimate of drug-likeness (QED) is 0.0476. The molecule has 0 amide bonds. The van der Waals surface area contributed by atoms with Gasteiger partial charge in [-0.05, 0) is 38.5 Å². The van der Waals surface area contributed by atoms with Crippen LogP contribution in [-0.4, -0.2) is 84.0 Å². The number of hydrogen-bond donors (Lipinski definition) is 0. The number of para-hydroxylation sites is 1. The monoisotopic (exact) mass is 630 g/mol. The van der Waals surface area contributed by atoms with Gasteiger partial charge in [0.15, 0.2) is 6.10 Å². The molecular formula is C34H46O11. The van der Waals surface area contributed by atoms with E-state index in [0.29, 0.717) is 52.0 Å². The van der Waals surface area contributed by atoms with E-state index in [1.54, 1.807) is 12.1 Å². The topological polar surface area (TPSA) is 117 Å². The van der Waals surface area contributed by atoms with E-state index in [0.717, 1.165) is 11.6 Å². The minimum Gasteiger partial charge on any atom is -0.464 e. The van der Waals surface area contributed by atoms with E-state index in [9.17, 15) is 9.59 Å². The van der Waals surface area contributed by atoms with Crippen LogP contribution < -0.4 is 4.74 Å². The molecule has 0 aliphatic rings. The molecule has 2 rings (SSSR count). The normalized spacial score (nSPS) is 12.4. The fraction of sp³-hybridized carbons (Fsp3) is 0.471. The first-order valence-corrected chi connectivity index (χ1v) is 15.1. The van der Waals surface area contributed by atoms with Gasteiger partial charge in [-0.15, -0.1) is 0 Å². The molecular weight excluding hydrogens is 584 g/mol. The highest BCUT2D eigenvalue weighted by Crippen LogP contribution is 2.26. The maximum Gasteiger partial charge on any atom is 0.337 e. The van der Waals surface area contributed by atoms with E-state index in [2.05, 4.69) is 6.58 Å². The standard InChI is InChI=1S/C34H46O11/c1-5-32(35)45-31(28-15-11-9-12-16-28)27-39-22-21-37-19-20-38-23-24-40-33(36)29(26-41-30-17-13-10-14-18-30)25-34(42-6-2,43-7-3)44-8-4/h5,9-18,26,31H,1,6-8,19-25,27H2,2-4H3. The molecule has 0 aliphatic heterocycles. The maximum absolute atomic E-state index is 13.0. The van der Waals surface area contributed by atoms with Gasteiger partial charge >= 0.3 is 11.9 Å². The van der Waals surface area contributed by atoms with E-state index in [-0.39, 0.29) is 31.8 Å². The summed E-state index contributed by atoms with van der Waals surface area (Å²) in [5.74, 6) is -2.04. The first-order valence-electron chi connectivity index (χ1n) is 15.1. The Balaban J connectivity index is 1.74. The van der Waals surface area contributed by atoms with E-state index >= 15 is 0 Å². The van der Waals surface area contributed by atoms with E-state index in [1.165, 1.54) is 6.26 Å². The summed E-state index contributed by atoms with van der Waals surface area (Å²) in [4.78, 5) is 24.7. The number of carbonyl (C=O) groups is 2. The Bertz CT molecular complexity index is 1100. The smallest absolute Gasteiger partial charge is 0.337 e. The van der Waals surface area contributed by atoms with Crippen LogP contribution >= 0.6 is 0 Å². The van der Waals surface area contributed by atoms with Crippen molar-refractivity contribution in [1.82, 2.24) is 0 Å². The number of rotatable bonds is 25. The zero-order valence-corrected chi connectivity index (χ0v) is 26.5. The third-order valence-corrected chi connectivity index (χ3v) is 5.91. The average molecular weight is 631 g/mol. The van der Waals surface area contributed by atoms with Gasteiger partial charge in [-0.2, -0.15) is 0 Å². The molecule has 0 saturated heterocycles. The summed E-state index contributed by atoms with van der Waals surface area (Å²) >= 11 is 0. The van der Waals surface area contributed by atoms with Gasteiger partial charge in [-0.1, -0.05) is 55.1 Å². The summed E-state index contributed by atoms with van der Waals surface area (Å²) in [5, 5.41) is 0.